The molecule has 16 heteroatoms. The van der Waals surface area contributed by atoms with E-state index in [1.807, 2.05) is 32.0 Å². The zero-order valence-electron chi connectivity index (χ0n) is 36.3. The zero-order valence-corrected chi connectivity index (χ0v) is 36.3. The smallest absolute Gasteiger partial charge is 0.326 e. The van der Waals surface area contributed by atoms with Crippen molar-refractivity contribution in [3.05, 3.63) is 35.9 Å². The summed E-state index contributed by atoms with van der Waals surface area (Å²) in [6.07, 6.45) is 6.32. The third-order valence-electron chi connectivity index (χ3n) is 13.1. The van der Waals surface area contributed by atoms with Gasteiger partial charge >= 0.3 is 5.97 Å². The second-order valence-electron chi connectivity index (χ2n) is 16.8. The van der Waals surface area contributed by atoms with Gasteiger partial charge in [0, 0.05) is 53.2 Å². The summed E-state index contributed by atoms with van der Waals surface area (Å²) in [4.78, 5) is 96.1. The second-order valence-corrected chi connectivity index (χ2v) is 16.8. The Kier molecular flexibility index (Phi) is 18.8. The van der Waals surface area contributed by atoms with Crippen LogP contribution in [-0.2, 0) is 49.5 Å². The van der Waals surface area contributed by atoms with E-state index in [9.17, 15) is 38.7 Å². The number of nitrogens with one attached hydrogen (secondary N) is 3. The van der Waals surface area contributed by atoms with E-state index in [0.717, 1.165) is 37.7 Å². The van der Waals surface area contributed by atoms with E-state index in [2.05, 4.69) is 16.0 Å². The van der Waals surface area contributed by atoms with E-state index in [1.165, 1.54) is 14.2 Å². The first-order valence-electron chi connectivity index (χ1n) is 21.7. The number of carbonyl (C=O) groups is 7. The molecule has 2 saturated heterocycles. The third-order valence-corrected chi connectivity index (χ3v) is 13.1. The molecule has 1 aliphatic carbocycles. The number of aliphatic carboxylic acids is 1. The van der Waals surface area contributed by atoms with E-state index < -0.39 is 54.2 Å². The molecule has 4 rings (SSSR count). The van der Waals surface area contributed by atoms with Crippen molar-refractivity contribution >= 4 is 41.9 Å². The van der Waals surface area contributed by atoms with Gasteiger partial charge in [-0.15, -0.1) is 0 Å². The van der Waals surface area contributed by atoms with Crippen molar-refractivity contribution in [2.45, 2.75) is 140 Å². The number of hydrogen-bond acceptors (Lipinski definition) is 9. The third kappa shape index (κ3) is 12.3. The molecule has 16 nitrogen and oxygen atoms in total. The summed E-state index contributed by atoms with van der Waals surface area (Å²) in [5.41, 5.74) is 0.773. The van der Waals surface area contributed by atoms with Crippen LogP contribution in [0, 0.1) is 17.8 Å². The highest BCUT2D eigenvalue weighted by Crippen LogP contribution is 2.43. The van der Waals surface area contributed by atoms with E-state index in [-0.39, 0.29) is 60.9 Å². The van der Waals surface area contributed by atoms with Gasteiger partial charge in [0.2, 0.25) is 35.9 Å². The standard InChI is InChI=1S/C44H68N6O10/c1-7-28(2)39(48(4)38(54)26-46-43(56)40-31-19-20-32(24-31)50(40)36(52)18-12-9-13-21-45-27-51)35(59-5)25-37(53)49-22-14-17-34(49)41(60-6)29(3)42(55)47-33(44(57)58)23-30-15-10-8-11-16-30/h8,10-11,15-16,27-29,31-35,39-41H,7,9,12-14,17-26H2,1-6H3,(H,45,51)(H,46,56)(H,47,55)(H,57,58)/t28?,29?,31?,32?,33-,34?,35?,39?,40?,41?/m0/s1. The number of piperidine rings is 1. The van der Waals surface area contributed by atoms with Gasteiger partial charge in [-0.25, -0.2) is 4.79 Å². The molecule has 6 amide bonds. The van der Waals surface area contributed by atoms with Gasteiger partial charge in [-0.3, -0.25) is 28.8 Å². The summed E-state index contributed by atoms with van der Waals surface area (Å²) in [6.45, 7) is 6.39. The maximum absolute atomic E-state index is 14.2. The molecule has 10 atom stereocenters. The van der Waals surface area contributed by atoms with Gasteiger partial charge in [0.05, 0.1) is 43.2 Å². The summed E-state index contributed by atoms with van der Waals surface area (Å²) in [7, 11) is 4.65. The highest BCUT2D eigenvalue weighted by Gasteiger charge is 2.51. The van der Waals surface area contributed by atoms with E-state index in [1.54, 1.807) is 40.8 Å². The maximum Gasteiger partial charge on any atom is 0.326 e. The molecule has 3 aliphatic rings. The van der Waals surface area contributed by atoms with Crippen LogP contribution in [0.2, 0.25) is 0 Å². The summed E-state index contributed by atoms with van der Waals surface area (Å²) in [5.74, 6) is -3.40. The number of fused-ring (bicyclic) bond motifs is 2. The normalized spacial score (nSPS) is 22.6. The predicted octanol–water partition coefficient (Wildman–Crippen LogP) is 2.52. The van der Waals surface area contributed by atoms with Crippen molar-refractivity contribution in [2.75, 3.05) is 40.9 Å². The first kappa shape index (κ1) is 48.1. The molecule has 2 heterocycles. The first-order chi connectivity index (χ1) is 28.8. The van der Waals surface area contributed by atoms with Crippen LogP contribution in [-0.4, -0.2) is 145 Å². The maximum atomic E-state index is 14.2. The molecule has 1 saturated carbocycles. The van der Waals surface area contributed by atoms with Crippen molar-refractivity contribution in [3.8, 4) is 0 Å². The fourth-order valence-electron chi connectivity index (χ4n) is 9.62. The lowest BCUT2D eigenvalue weighted by Gasteiger charge is -2.39. The Morgan fingerprint density at radius 1 is 0.983 bits per heavy atom. The molecule has 1 aromatic rings. The molecule has 3 fully saturated rings. The Labute approximate surface area is 354 Å². The van der Waals surface area contributed by atoms with Crippen LogP contribution >= 0.6 is 0 Å². The van der Waals surface area contributed by atoms with E-state index >= 15 is 0 Å². The van der Waals surface area contributed by atoms with Gasteiger partial charge in [0.1, 0.15) is 12.1 Å². The van der Waals surface area contributed by atoms with Gasteiger partial charge in [-0.05, 0) is 62.3 Å². The molecule has 2 bridgehead atoms. The summed E-state index contributed by atoms with van der Waals surface area (Å²) in [5, 5.41) is 18.0. The minimum absolute atomic E-state index is 0.0205. The number of carboxylic acids is 1. The Bertz CT molecular complexity index is 1610. The monoisotopic (exact) mass is 840 g/mol. The van der Waals surface area contributed by atoms with Crippen LogP contribution in [0.1, 0.15) is 97.0 Å². The summed E-state index contributed by atoms with van der Waals surface area (Å²) >= 11 is 0. The molecule has 1 aromatic carbocycles. The van der Waals surface area contributed by atoms with Crippen LogP contribution in [0.5, 0.6) is 0 Å². The number of carboxylic acid groups (broad SMARTS) is 1. The number of likely N-dealkylation sites (tertiary alicyclic amines) is 2. The number of benzene rings is 1. The Morgan fingerprint density at radius 2 is 1.72 bits per heavy atom. The molecule has 60 heavy (non-hydrogen) atoms. The second kappa shape index (κ2) is 23.4. The number of nitrogens with zero attached hydrogens (tertiary/aromatic N) is 3. The Balaban J connectivity index is 1.37. The topological polar surface area (TPSA) is 204 Å². The van der Waals surface area contributed by atoms with Crippen LogP contribution in [0.25, 0.3) is 0 Å². The zero-order chi connectivity index (χ0) is 43.9. The molecular weight excluding hydrogens is 773 g/mol. The summed E-state index contributed by atoms with van der Waals surface area (Å²) in [6, 6.07) is 6.35. The van der Waals surface area contributed by atoms with Gasteiger partial charge in [-0.1, -0.05) is 63.9 Å². The van der Waals surface area contributed by atoms with Crippen molar-refractivity contribution in [2.24, 2.45) is 17.8 Å². The molecule has 4 N–H and O–H groups in total. The fourth-order valence-corrected chi connectivity index (χ4v) is 9.62. The van der Waals surface area contributed by atoms with Crippen LogP contribution < -0.4 is 16.0 Å². The van der Waals surface area contributed by atoms with Gasteiger partial charge < -0.3 is 45.2 Å². The van der Waals surface area contributed by atoms with Crippen LogP contribution in [0.4, 0.5) is 0 Å². The minimum atomic E-state index is -1.15. The lowest BCUT2D eigenvalue weighted by atomic mass is 9.90. The highest BCUT2D eigenvalue weighted by molar-refractivity contribution is 5.92. The Hall–Kier alpha value is -4.57. The molecule has 9 unspecified atom stereocenters. The molecule has 0 spiro atoms. The molecule has 0 aromatic heterocycles. The lowest BCUT2D eigenvalue weighted by Crippen LogP contribution is -2.56. The summed E-state index contributed by atoms with van der Waals surface area (Å²) < 4.78 is 11.8. The van der Waals surface area contributed by atoms with E-state index in [4.69, 9.17) is 9.47 Å². The van der Waals surface area contributed by atoms with E-state index in [0.29, 0.717) is 51.6 Å². The highest BCUT2D eigenvalue weighted by atomic mass is 16.5. The fraction of sp³-hybridized carbons (Fsp3) is 0.705. The number of carbonyl (C=O) groups excluding carboxylic acids is 6. The number of rotatable bonds is 25. The lowest BCUT2D eigenvalue weighted by molar-refractivity contribution is -0.147. The SMILES string of the molecule is CCC(C)C(C(CC(=O)N1CCCC1C(OC)C(C)C(=O)N[C@@H](Cc1ccccc1)C(=O)O)OC)N(C)C(=O)CNC(=O)C1C2CCC(C2)N1C(=O)CCCCCNC=O. The van der Waals surface area contributed by atoms with Gasteiger partial charge in [-0.2, -0.15) is 0 Å². The molecular formula is C44H68N6O10. The quantitative estimate of drug-likeness (QED) is 0.0837. The number of unbranched alkanes of at least 4 members (excludes halogenated alkanes) is 2. The Morgan fingerprint density at radius 3 is 2.37 bits per heavy atom. The van der Waals surface area contributed by atoms with Gasteiger partial charge in [0.25, 0.3) is 0 Å². The van der Waals surface area contributed by atoms with Gasteiger partial charge in [0.15, 0.2) is 0 Å². The average molecular weight is 841 g/mol. The van der Waals surface area contributed by atoms with Crippen molar-refractivity contribution in [1.29, 1.82) is 0 Å². The van der Waals surface area contributed by atoms with Crippen molar-refractivity contribution < 1.29 is 48.1 Å². The largest absolute Gasteiger partial charge is 0.480 e. The molecule has 334 valence electrons. The molecule has 2 aliphatic heterocycles. The molecule has 0 radical (unpaired) electrons. The minimum Gasteiger partial charge on any atom is -0.480 e. The van der Waals surface area contributed by atoms with Crippen LogP contribution in [0.3, 0.4) is 0 Å². The van der Waals surface area contributed by atoms with Crippen LogP contribution in [0.15, 0.2) is 30.3 Å². The number of amides is 6. The number of ether oxygens (including phenoxy) is 2. The number of likely N-dealkylation sites (N-methyl/N-ethyl adjacent to an activating group) is 1. The number of hydrogen-bond donors (Lipinski definition) is 4. The number of methoxy groups -OCH3 is 2. The first-order valence-corrected chi connectivity index (χ1v) is 21.7. The van der Waals surface area contributed by atoms with Crippen molar-refractivity contribution in [3.63, 3.8) is 0 Å². The average Bonchev–Trinajstić information content (AvgIpc) is 4.01. The predicted molar refractivity (Wildman–Crippen MR) is 223 cm³/mol. The van der Waals surface area contributed by atoms with Crippen molar-refractivity contribution in [1.82, 2.24) is 30.7 Å².